The van der Waals surface area contributed by atoms with Crippen LogP contribution < -0.4 is 10.1 Å². The number of thioether (sulfide) groups is 1. The molecule has 0 bridgehead atoms. The Balaban J connectivity index is 1.68. The van der Waals surface area contributed by atoms with Gasteiger partial charge in [0.1, 0.15) is 5.75 Å². The Bertz CT molecular complexity index is 533. The number of ether oxygens (including phenoxy) is 1. The van der Waals surface area contributed by atoms with Crippen molar-refractivity contribution in [3.8, 4) is 5.75 Å². The number of aliphatic imine (C=N–C) groups is 1. The van der Waals surface area contributed by atoms with Crippen molar-refractivity contribution >= 4 is 38.8 Å². The molecule has 1 unspecified atom stereocenters. The maximum absolute atomic E-state index is 12.0. The lowest BCUT2D eigenvalue weighted by Crippen LogP contribution is -2.39. The molecule has 0 saturated carbocycles. The summed E-state index contributed by atoms with van der Waals surface area (Å²) in [5, 5.41) is 3.52. The predicted octanol–water partition coefficient (Wildman–Crippen LogP) is 1.97. The van der Waals surface area contributed by atoms with Gasteiger partial charge in [0.25, 0.3) is 5.91 Å². The molecular formula is C12H11BrN2O2S. The van der Waals surface area contributed by atoms with Crippen LogP contribution in [0.15, 0.2) is 27.7 Å². The van der Waals surface area contributed by atoms with Crippen LogP contribution in [0, 0.1) is 0 Å². The molecule has 6 heteroatoms. The largest absolute Gasteiger partial charge is 0.480 e. The van der Waals surface area contributed by atoms with E-state index in [4.69, 9.17) is 4.74 Å². The summed E-state index contributed by atoms with van der Waals surface area (Å²) in [5.74, 6) is 1.61. The van der Waals surface area contributed by atoms with E-state index in [0.29, 0.717) is 11.6 Å². The normalized spacial score (nSPS) is 21.2. The monoisotopic (exact) mass is 326 g/mol. The number of carbonyl (C=O) groups excluding carboxylic acids is 1. The van der Waals surface area contributed by atoms with Crippen LogP contribution >= 0.6 is 27.7 Å². The summed E-state index contributed by atoms with van der Waals surface area (Å²) in [6.07, 6.45) is 0.164. The fourth-order valence-electron chi connectivity index (χ4n) is 1.96. The Hall–Kier alpha value is -1.01. The molecule has 0 aliphatic carbocycles. The molecule has 1 atom stereocenters. The van der Waals surface area contributed by atoms with Crippen LogP contribution in [0.3, 0.4) is 0 Å². The third-order valence-corrected chi connectivity index (χ3v) is 4.19. The van der Waals surface area contributed by atoms with Gasteiger partial charge in [0, 0.05) is 16.6 Å². The molecule has 1 aromatic carbocycles. The van der Waals surface area contributed by atoms with Crippen molar-refractivity contribution in [1.29, 1.82) is 0 Å². The zero-order valence-electron chi connectivity index (χ0n) is 9.48. The number of amidine groups is 1. The second kappa shape index (κ2) is 4.93. The fourth-order valence-corrected chi connectivity index (χ4v) is 3.10. The second-order valence-corrected chi connectivity index (χ2v) is 6.09. The first kappa shape index (κ1) is 12.0. The molecule has 1 N–H and O–H groups in total. The van der Waals surface area contributed by atoms with Gasteiger partial charge >= 0.3 is 0 Å². The van der Waals surface area contributed by atoms with Crippen LogP contribution in [-0.4, -0.2) is 29.5 Å². The highest BCUT2D eigenvalue weighted by Gasteiger charge is 2.30. The zero-order chi connectivity index (χ0) is 12.5. The smallest absolute Gasteiger partial charge is 0.267 e. The molecule has 0 radical (unpaired) electrons. The summed E-state index contributed by atoms with van der Waals surface area (Å²) in [6.45, 7) is 0.777. The molecule has 2 aliphatic heterocycles. The Morgan fingerprint density at radius 3 is 3.22 bits per heavy atom. The van der Waals surface area contributed by atoms with E-state index in [9.17, 15) is 4.79 Å². The maximum atomic E-state index is 12.0. The second-order valence-electron chi connectivity index (χ2n) is 4.09. The molecule has 0 fully saturated rings. The zero-order valence-corrected chi connectivity index (χ0v) is 11.9. The summed E-state index contributed by atoms with van der Waals surface area (Å²) in [4.78, 5) is 16.2. The standard InChI is InChI=1S/C12H11BrN2O2S/c13-8-1-2-9-7(5-8)6-10(17-9)11(16)15-12-14-3-4-18-12/h1-2,5,10H,3-4,6H2,(H,14,15,16). The summed E-state index contributed by atoms with van der Waals surface area (Å²) in [7, 11) is 0. The lowest BCUT2D eigenvalue weighted by molar-refractivity contribution is -0.125. The van der Waals surface area contributed by atoms with Gasteiger partial charge in [0.2, 0.25) is 0 Å². The number of fused-ring (bicyclic) bond motifs is 1. The van der Waals surface area contributed by atoms with E-state index in [1.165, 1.54) is 0 Å². The lowest BCUT2D eigenvalue weighted by Gasteiger charge is -2.10. The van der Waals surface area contributed by atoms with Crippen molar-refractivity contribution in [2.75, 3.05) is 12.3 Å². The van der Waals surface area contributed by atoms with Crippen molar-refractivity contribution in [3.63, 3.8) is 0 Å². The number of benzene rings is 1. The Labute approximate surface area is 117 Å². The van der Waals surface area contributed by atoms with Crippen LogP contribution in [0.25, 0.3) is 0 Å². The number of carbonyl (C=O) groups is 1. The highest BCUT2D eigenvalue weighted by molar-refractivity contribution is 9.10. The van der Waals surface area contributed by atoms with E-state index in [1.807, 2.05) is 18.2 Å². The number of rotatable bonds is 1. The molecule has 2 heterocycles. The third-order valence-electron chi connectivity index (χ3n) is 2.81. The van der Waals surface area contributed by atoms with Gasteiger partial charge in [-0.2, -0.15) is 0 Å². The van der Waals surface area contributed by atoms with Crippen LogP contribution in [0.1, 0.15) is 5.56 Å². The molecule has 1 aromatic rings. The minimum absolute atomic E-state index is 0.115. The van der Waals surface area contributed by atoms with Gasteiger partial charge in [-0.1, -0.05) is 27.7 Å². The Kier molecular flexibility index (Phi) is 3.30. The van der Waals surface area contributed by atoms with Crippen LogP contribution in [-0.2, 0) is 11.2 Å². The SMILES string of the molecule is O=C(NC1=NCCS1)C1Cc2cc(Br)ccc2O1. The molecule has 0 spiro atoms. The average molecular weight is 327 g/mol. The van der Waals surface area contributed by atoms with Crippen molar-refractivity contribution in [1.82, 2.24) is 5.32 Å². The first-order valence-electron chi connectivity index (χ1n) is 5.65. The minimum Gasteiger partial charge on any atom is -0.480 e. The number of hydrogen-bond donors (Lipinski definition) is 1. The van der Waals surface area contributed by atoms with E-state index in [2.05, 4.69) is 26.2 Å². The molecule has 0 saturated heterocycles. The van der Waals surface area contributed by atoms with Gasteiger partial charge in [0.15, 0.2) is 11.3 Å². The van der Waals surface area contributed by atoms with Gasteiger partial charge in [0.05, 0.1) is 6.54 Å². The Morgan fingerprint density at radius 1 is 1.56 bits per heavy atom. The molecule has 18 heavy (non-hydrogen) atoms. The van der Waals surface area contributed by atoms with E-state index in [-0.39, 0.29) is 5.91 Å². The van der Waals surface area contributed by atoms with Crippen molar-refractivity contribution in [2.45, 2.75) is 12.5 Å². The average Bonchev–Trinajstić information content (AvgIpc) is 2.96. The summed E-state index contributed by atoms with van der Waals surface area (Å²) >= 11 is 4.99. The van der Waals surface area contributed by atoms with Gasteiger partial charge < -0.3 is 10.1 Å². The van der Waals surface area contributed by atoms with Gasteiger partial charge in [-0.3, -0.25) is 9.79 Å². The summed E-state index contributed by atoms with van der Waals surface area (Å²) < 4.78 is 6.64. The highest BCUT2D eigenvalue weighted by Crippen LogP contribution is 2.31. The topological polar surface area (TPSA) is 50.7 Å². The van der Waals surface area contributed by atoms with Gasteiger partial charge in [-0.05, 0) is 23.8 Å². The summed E-state index contributed by atoms with van der Waals surface area (Å²) in [5.41, 5.74) is 1.06. The van der Waals surface area contributed by atoms with Gasteiger partial charge in [-0.15, -0.1) is 0 Å². The minimum atomic E-state index is -0.446. The van der Waals surface area contributed by atoms with E-state index in [0.717, 1.165) is 28.1 Å². The fraction of sp³-hybridized carbons (Fsp3) is 0.333. The lowest BCUT2D eigenvalue weighted by atomic mass is 10.1. The number of amides is 1. The van der Waals surface area contributed by atoms with Crippen molar-refractivity contribution in [2.24, 2.45) is 4.99 Å². The van der Waals surface area contributed by atoms with E-state index >= 15 is 0 Å². The summed E-state index contributed by atoms with van der Waals surface area (Å²) in [6, 6.07) is 5.79. The van der Waals surface area contributed by atoms with Crippen LogP contribution in [0.4, 0.5) is 0 Å². The first-order valence-corrected chi connectivity index (χ1v) is 7.43. The van der Waals surface area contributed by atoms with E-state index in [1.54, 1.807) is 11.8 Å². The first-order chi connectivity index (χ1) is 8.72. The molecule has 1 amide bonds. The number of halogens is 1. The third kappa shape index (κ3) is 2.40. The van der Waals surface area contributed by atoms with E-state index < -0.39 is 6.10 Å². The van der Waals surface area contributed by atoms with Gasteiger partial charge in [-0.25, -0.2) is 0 Å². The van der Waals surface area contributed by atoms with Crippen LogP contribution in [0.2, 0.25) is 0 Å². The molecule has 0 aromatic heterocycles. The molecule has 94 valence electrons. The number of nitrogens with zero attached hydrogens (tertiary/aromatic N) is 1. The van der Waals surface area contributed by atoms with Crippen molar-refractivity contribution in [3.05, 3.63) is 28.2 Å². The molecule has 2 aliphatic rings. The predicted molar refractivity (Wildman–Crippen MR) is 75.2 cm³/mol. The number of nitrogens with one attached hydrogen (secondary N) is 1. The number of hydrogen-bond acceptors (Lipinski definition) is 4. The molecule has 4 nitrogen and oxygen atoms in total. The van der Waals surface area contributed by atoms with Crippen molar-refractivity contribution < 1.29 is 9.53 Å². The molecule has 3 rings (SSSR count). The highest BCUT2D eigenvalue weighted by atomic mass is 79.9. The quantitative estimate of drug-likeness (QED) is 0.858. The Morgan fingerprint density at radius 2 is 2.44 bits per heavy atom. The van der Waals surface area contributed by atoms with Crippen LogP contribution in [0.5, 0.6) is 5.75 Å². The maximum Gasteiger partial charge on any atom is 0.267 e. The molecular weight excluding hydrogens is 316 g/mol.